The Morgan fingerprint density at radius 3 is 1.07 bits per heavy atom. The van der Waals surface area contributed by atoms with Crippen molar-refractivity contribution in [3.63, 3.8) is 0 Å². The van der Waals surface area contributed by atoms with E-state index in [1.54, 1.807) is 0 Å². The monoisotopic (exact) mass is 660 g/mol. The third-order valence-corrected chi connectivity index (χ3v) is 7.52. The van der Waals surface area contributed by atoms with E-state index >= 15 is 0 Å². The Bertz CT molecular complexity index is 1900. The normalized spacial score (nSPS) is 9.70. The molecule has 0 unspecified atom stereocenters. The fraction of sp³-hybridized carbons (Fsp3) is 0. The van der Waals surface area contributed by atoms with E-state index in [1.807, 2.05) is 0 Å². The molecule has 0 aliphatic heterocycles. The van der Waals surface area contributed by atoms with Crippen LogP contribution in [0.1, 0.15) is 0 Å². The molecule has 0 fully saturated rings. The first-order valence-corrected chi connectivity index (χ1v) is 17.6. The summed E-state index contributed by atoms with van der Waals surface area (Å²) in [6.07, 6.45) is 0. The molecule has 2 heteroatoms. The van der Waals surface area contributed by atoms with Crippen LogP contribution >= 0.6 is 0 Å². The van der Waals surface area contributed by atoms with E-state index in [-0.39, 0.29) is 29.7 Å². The van der Waals surface area contributed by atoms with Gasteiger partial charge in [-0.05, 0) is 32.7 Å². The topological polar surface area (TPSA) is 0 Å². The van der Waals surface area contributed by atoms with Gasteiger partial charge in [0.05, 0.1) is 0 Å². The van der Waals surface area contributed by atoms with Crippen LogP contribution in [0.15, 0.2) is 158 Å². The molecule has 0 heterocycles. The Balaban J connectivity index is 0.000000268. The van der Waals surface area contributed by atoms with Crippen molar-refractivity contribution in [3.8, 4) is 22.3 Å². The van der Waals surface area contributed by atoms with Gasteiger partial charge in [-0.25, -0.2) is 0 Å². The molecule has 44 heavy (non-hydrogen) atoms. The van der Waals surface area contributed by atoms with Gasteiger partial charge in [-0.15, -0.1) is 57.9 Å². The number of hydrogen-bond acceptors (Lipinski definition) is 0. The summed E-state index contributed by atoms with van der Waals surface area (Å²) < 4.78 is 0. The van der Waals surface area contributed by atoms with Crippen LogP contribution in [0.4, 0.5) is 0 Å². The van der Waals surface area contributed by atoms with Gasteiger partial charge in [0.1, 0.15) is 0 Å². The number of hydrogen-bond donors (Lipinski definition) is 0. The summed E-state index contributed by atoms with van der Waals surface area (Å²) in [6.45, 7) is 3.06. The van der Waals surface area contributed by atoms with Gasteiger partial charge in [0.15, 0.2) is 0 Å². The van der Waals surface area contributed by atoms with Gasteiger partial charge in [-0.1, -0.05) is 108 Å². The maximum atomic E-state index is 3.06. The molecule has 0 bridgehead atoms. The molecular weight excluding hydrogens is 624 g/mol. The molecule has 8 aromatic carbocycles. The van der Waals surface area contributed by atoms with Crippen molar-refractivity contribution in [2.24, 2.45) is 0 Å². The van der Waals surface area contributed by atoms with Crippen LogP contribution in [-0.2, 0) is 23.3 Å². The van der Waals surface area contributed by atoms with Crippen LogP contribution in [0.3, 0.4) is 0 Å². The third-order valence-electron chi connectivity index (χ3n) is 7.52. The minimum atomic E-state index is 0. The zero-order valence-electron chi connectivity index (χ0n) is 26.0. The number of fused-ring (bicyclic) bond motifs is 4. The maximum absolute atomic E-state index is 3.06. The fourth-order valence-corrected chi connectivity index (χ4v) is 5.72. The Labute approximate surface area is 281 Å². The summed E-state index contributed by atoms with van der Waals surface area (Å²) in [7, 11) is 0. The van der Waals surface area contributed by atoms with E-state index in [0.717, 1.165) is 0 Å². The average molecular weight is 662 g/mol. The number of rotatable bonds is 2. The first-order chi connectivity index (χ1) is 19.9. The molecule has 220 valence electrons. The molecule has 0 aliphatic carbocycles. The van der Waals surface area contributed by atoms with Crippen LogP contribution in [0.5, 0.6) is 0 Å². The second-order valence-corrected chi connectivity index (χ2v) is 9.72. The van der Waals surface area contributed by atoms with E-state index < -0.39 is 0 Å². The van der Waals surface area contributed by atoms with Crippen molar-refractivity contribution >= 4 is 50.0 Å². The molecule has 0 N–H and O–H groups in total. The average Bonchev–Trinajstić information content (AvgIpc) is 3.72. The van der Waals surface area contributed by atoms with Gasteiger partial charge < -0.3 is 29.7 Å². The molecule has 0 aliphatic rings. The molecular formula is C42H38SiZr-6. The Hall–Kier alpha value is -3.84. The summed E-state index contributed by atoms with van der Waals surface area (Å²) in [5, 5.41) is 10.5. The molecule has 0 aromatic heterocycles. The van der Waals surface area contributed by atoms with Crippen LogP contribution in [0, 0.1) is 29.7 Å². The molecule has 0 saturated heterocycles. The predicted octanol–water partition coefficient (Wildman–Crippen LogP) is 12.2. The van der Waals surface area contributed by atoms with Gasteiger partial charge in [0.25, 0.3) is 0 Å². The SMILES string of the molecule is [CH3-].[CH3-].[CH3-].[CH3-].[Si]=[Zr].c1ccc2c(-c3cccc4[cH-]ccc34)cccc2c1.c1ccc2c(-c3cccc4[cH-]ccc34)cccc2c1. The minimum Gasteiger partial charge on any atom is -0.168 e. The summed E-state index contributed by atoms with van der Waals surface area (Å²) in [5.74, 6) is 0. The van der Waals surface area contributed by atoms with Crippen molar-refractivity contribution in [3.05, 3.63) is 187 Å². The van der Waals surface area contributed by atoms with Gasteiger partial charge >= 0.3 is 30.2 Å². The van der Waals surface area contributed by atoms with E-state index in [1.165, 1.54) is 88.7 Å². The zero-order valence-corrected chi connectivity index (χ0v) is 29.5. The van der Waals surface area contributed by atoms with Crippen molar-refractivity contribution in [2.75, 3.05) is 0 Å². The van der Waals surface area contributed by atoms with E-state index in [9.17, 15) is 0 Å². The zero-order chi connectivity index (χ0) is 27.3. The Kier molecular flexibility index (Phi) is 13.9. The Morgan fingerprint density at radius 2 is 0.659 bits per heavy atom. The van der Waals surface area contributed by atoms with Gasteiger partial charge in [-0.3, -0.25) is 0 Å². The molecule has 0 spiro atoms. The molecule has 8 aromatic rings. The van der Waals surface area contributed by atoms with Gasteiger partial charge in [-0.2, -0.15) is 24.3 Å². The summed E-state index contributed by atoms with van der Waals surface area (Å²) >= 11 is 1.36. The summed E-state index contributed by atoms with van der Waals surface area (Å²) in [6, 6.07) is 56.2. The van der Waals surface area contributed by atoms with E-state index in [4.69, 9.17) is 0 Å². The largest absolute Gasteiger partial charge is 0.168 e. The molecule has 0 nitrogen and oxygen atoms in total. The van der Waals surface area contributed by atoms with Crippen molar-refractivity contribution in [2.45, 2.75) is 0 Å². The first-order valence-electron chi connectivity index (χ1n) is 13.4. The second kappa shape index (κ2) is 16.9. The summed E-state index contributed by atoms with van der Waals surface area (Å²) in [5.41, 5.74) is 5.27. The van der Waals surface area contributed by atoms with Crippen LogP contribution in [-0.4, -0.2) is 6.88 Å². The van der Waals surface area contributed by atoms with Gasteiger partial charge in [0, 0.05) is 0 Å². The Morgan fingerprint density at radius 1 is 0.341 bits per heavy atom. The third kappa shape index (κ3) is 7.10. The smallest absolute Gasteiger partial charge is 0.0114 e. The van der Waals surface area contributed by atoms with Crippen LogP contribution in [0.25, 0.3) is 65.3 Å². The van der Waals surface area contributed by atoms with Crippen molar-refractivity contribution in [1.29, 1.82) is 0 Å². The number of benzene rings is 6. The summed E-state index contributed by atoms with van der Waals surface area (Å²) in [4.78, 5) is 0. The first kappa shape index (κ1) is 36.4. The molecule has 0 saturated carbocycles. The van der Waals surface area contributed by atoms with E-state index in [0.29, 0.717) is 0 Å². The molecule has 8 rings (SSSR count). The second-order valence-electron chi connectivity index (χ2n) is 9.72. The van der Waals surface area contributed by atoms with Crippen LogP contribution in [0.2, 0.25) is 0 Å². The fourth-order valence-electron chi connectivity index (χ4n) is 5.72. The van der Waals surface area contributed by atoms with E-state index in [2.05, 4.69) is 165 Å². The van der Waals surface area contributed by atoms with Crippen LogP contribution < -0.4 is 0 Å². The quantitative estimate of drug-likeness (QED) is 0.128. The maximum Gasteiger partial charge on any atom is -0.0114 e. The molecule has 0 amide bonds. The predicted molar refractivity (Wildman–Crippen MR) is 196 cm³/mol. The standard InChI is InChI=1S/2C19H13.4CH3.Si.Zr/c2*1-2-10-16-14(6-1)8-4-12-18(16)19-13-5-9-15-7-3-11-17(15)19;;;;;;/h2*1-13H;4*1H3;;/q6*-1;;. The van der Waals surface area contributed by atoms with Crippen molar-refractivity contribution < 1.29 is 23.3 Å². The van der Waals surface area contributed by atoms with Crippen molar-refractivity contribution in [1.82, 2.24) is 0 Å². The molecule has 2 radical (unpaired) electrons. The van der Waals surface area contributed by atoms with Gasteiger partial charge in [0.2, 0.25) is 0 Å². The molecule has 0 atom stereocenters. The minimum absolute atomic E-state index is 0.